The van der Waals surface area contributed by atoms with Gasteiger partial charge >= 0.3 is 11.9 Å². The molecule has 10 heteroatoms. The summed E-state index contributed by atoms with van der Waals surface area (Å²) in [7, 11) is -4.20. The van der Waals surface area contributed by atoms with Gasteiger partial charge in [-0.2, -0.15) is 4.72 Å². The Hall–Kier alpha value is -2.98. The zero-order chi connectivity index (χ0) is 26.7. The number of sulfonamides is 1. The molecule has 0 spiro atoms. The van der Waals surface area contributed by atoms with Crippen molar-refractivity contribution in [3.05, 3.63) is 42.5 Å². The predicted octanol–water partition coefficient (Wildman–Crippen LogP) is 3.16. The number of hydrogen-bond donors (Lipinski definition) is 1. The van der Waals surface area contributed by atoms with E-state index < -0.39 is 52.0 Å². The van der Waals surface area contributed by atoms with Crippen molar-refractivity contribution in [3.63, 3.8) is 0 Å². The average Bonchev–Trinajstić information content (AvgIpc) is 3.62. The fourth-order valence-electron chi connectivity index (χ4n) is 3.92. The number of hydrogen-bond acceptors (Lipinski definition) is 7. The fraction of sp³-hybridized carbons (Fsp3) is 0.500. The number of esters is 2. The number of nitrogens with one attached hydrogen (secondary N) is 1. The van der Waals surface area contributed by atoms with Crippen molar-refractivity contribution < 1.29 is 32.3 Å². The minimum Gasteiger partial charge on any atom is -0.464 e. The molecule has 0 bridgehead atoms. The number of carbonyl (C=O) groups is 3. The second-order valence-corrected chi connectivity index (χ2v) is 11.6. The first-order chi connectivity index (χ1) is 16.8. The standard InChI is InChI=1S/C26H34N2O7S/c1-6-34-25(31)17(2)28(20-12-13-20)24(30)22(16-23(29)35-26(3,4)5)27-36(32,33)21-14-11-18-9-7-8-10-19(18)15-21/h7-11,14-15,17,20,22,27H,6,12-13,16H2,1-5H3/t17-,22-/m0/s1. The van der Waals surface area contributed by atoms with E-state index >= 15 is 0 Å². The Morgan fingerprint density at radius 2 is 1.72 bits per heavy atom. The molecule has 36 heavy (non-hydrogen) atoms. The summed E-state index contributed by atoms with van der Waals surface area (Å²) in [4.78, 5) is 40.1. The maximum atomic E-state index is 13.7. The molecule has 1 amide bonds. The molecule has 3 rings (SSSR count). The summed E-state index contributed by atoms with van der Waals surface area (Å²) in [5.74, 6) is -2.00. The molecule has 9 nitrogen and oxygen atoms in total. The van der Waals surface area contributed by atoms with E-state index in [2.05, 4.69) is 4.72 Å². The lowest BCUT2D eigenvalue weighted by Gasteiger charge is -2.31. The van der Waals surface area contributed by atoms with Crippen molar-refractivity contribution in [3.8, 4) is 0 Å². The molecule has 0 aliphatic heterocycles. The largest absolute Gasteiger partial charge is 0.464 e. The molecular formula is C26H34N2O7S. The van der Waals surface area contributed by atoms with Crippen LogP contribution in [-0.2, 0) is 33.9 Å². The second kappa shape index (κ2) is 11.0. The van der Waals surface area contributed by atoms with Crippen molar-refractivity contribution in [2.24, 2.45) is 0 Å². The molecule has 1 saturated carbocycles. The Balaban J connectivity index is 1.93. The van der Waals surface area contributed by atoms with E-state index in [4.69, 9.17) is 9.47 Å². The van der Waals surface area contributed by atoms with Gasteiger partial charge in [0.1, 0.15) is 17.7 Å². The van der Waals surface area contributed by atoms with Crippen molar-refractivity contribution in [2.45, 2.75) is 82.5 Å². The molecule has 2 atom stereocenters. The number of nitrogens with zero attached hydrogens (tertiary/aromatic N) is 1. The lowest BCUT2D eigenvalue weighted by Crippen LogP contribution is -2.55. The smallest absolute Gasteiger partial charge is 0.328 e. The van der Waals surface area contributed by atoms with Crippen molar-refractivity contribution in [2.75, 3.05) is 6.61 Å². The fourth-order valence-corrected chi connectivity index (χ4v) is 5.14. The third-order valence-corrected chi connectivity index (χ3v) is 7.13. The molecule has 0 heterocycles. The molecule has 1 aliphatic carbocycles. The van der Waals surface area contributed by atoms with Crippen LogP contribution in [0.15, 0.2) is 47.4 Å². The van der Waals surface area contributed by atoms with E-state index in [1.165, 1.54) is 24.0 Å². The lowest BCUT2D eigenvalue weighted by molar-refractivity contribution is -0.159. The highest BCUT2D eigenvalue weighted by molar-refractivity contribution is 7.89. The first-order valence-electron chi connectivity index (χ1n) is 12.0. The minimum absolute atomic E-state index is 0.0420. The van der Waals surface area contributed by atoms with Gasteiger partial charge in [0.05, 0.1) is 17.9 Å². The van der Waals surface area contributed by atoms with Gasteiger partial charge in [0.15, 0.2) is 0 Å². The number of carbonyl (C=O) groups excluding carboxylic acids is 3. The maximum Gasteiger partial charge on any atom is 0.328 e. The quantitative estimate of drug-likeness (QED) is 0.480. The topological polar surface area (TPSA) is 119 Å². The number of ether oxygens (including phenoxy) is 2. The van der Waals surface area contributed by atoms with Gasteiger partial charge in [-0.25, -0.2) is 13.2 Å². The molecule has 1 aliphatic rings. The molecule has 1 fully saturated rings. The first-order valence-corrected chi connectivity index (χ1v) is 13.5. The lowest BCUT2D eigenvalue weighted by atomic mass is 10.1. The van der Waals surface area contributed by atoms with Gasteiger partial charge in [0.25, 0.3) is 0 Å². The summed E-state index contributed by atoms with van der Waals surface area (Å²) < 4.78 is 39.6. The molecule has 2 aromatic rings. The van der Waals surface area contributed by atoms with Crippen LogP contribution < -0.4 is 4.72 Å². The Kier molecular flexibility index (Phi) is 8.40. The highest BCUT2D eigenvalue weighted by Gasteiger charge is 2.43. The summed E-state index contributed by atoms with van der Waals surface area (Å²) >= 11 is 0. The molecule has 2 aromatic carbocycles. The Labute approximate surface area is 212 Å². The molecule has 1 N–H and O–H groups in total. The van der Waals surface area contributed by atoms with Crippen molar-refractivity contribution >= 4 is 38.6 Å². The SMILES string of the molecule is CCOC(=O)[C@H](C)N(C(=O)[C@H](CC(=O)OC(C)(C)C)NS(=O)(=O)c1ccc2ccccc2c1)C1CC1. The van der Waals surface area contributed by atoms with E-state index in [-0.39, 0.29) is 17.5 Å². The van der Waals surface area contributed by atoms with Gasteiger partial charge in [-0.3, -0.25) is 9.59 Å². The van der Waals surface area contributed by atoms with Crippen LogP contribution in [-0.4, -0.2) is 61.5 Å². The summed E-state index contributed by atoms with van der Waals surface area (Å²) in [6, 6.07) is 9.28. The number of rotatable bonds is 10. The Morgan fingerprint density at radius 3 is 2.31 bits per heavy atom. The number of fused-ring (bicyclic) bond motifs is 1. The van der Waals surface area contributed by atoms with Gasteiger partial charge in [-0.15, -0.1) is 0 Å². The Morgan fingerprint density at radius 1 is 1.08 bits per heavy atom. The molecule has 0 aromatic heterocycles. The zero-order valence-electron chi connectivity index (χ0n) is 21.3. The first kappa shape index (κ1) is 27.6. The van der Waals surface area contributed by atoms with Crippen LogP contribution in [0.3, 0.4) is 0 Å². The molecule has 0 radical (unpaired) electrons. The van der Waals surface area contributed by atoms with Gasteiger partial charge in [0.2, 0.25) is 15.9 Å². The van der Waals surface area contributed by atoms with Crippen LogP contribution in [0.25, 0.3) is 10.8 Å². The van der Waals surface area contributed by atoms with Gasteiger partial charge in [-0.1, -0.05) is 30.3 Å². The van der Waals surface area contributed by atoms with E-state index in [0.717, 1.165) is 5.39 Å². The number of benzene rings is 2. The molecular weight excluding hydrogens is 484 g/mol. The zero-order valence-corrected chi connectivity index (χ0v) is 22.1. The van der Waals surface area contributed by atoms with Crippen molar-refractivity contribution in [1.82, 2.24) is 9.62 Å². The van der Waals surface area contributed by atoms with Gasteiger partial charge < -0.3 is 14.4 Å². The predicted molar refractivity (Wildman–Crippen MR) is 134 cm³/mol. The molecule has 0 unspecified atom stereocenters. The van der Waals surface area contributed by atoms with Crippen LogP contribution in [0.1, 0.15) is 53.9 Å². The monoisotopic (exact) mass is 518 g/mol. The normalized spacial score (nSPS) is 15.7. The molecule has 196 valence electrons. The summed E-state index contributed by atoms with van der Waals surface area (Å²) in [6.07, 6.45) is 0.819. The third-order valence-electron chi connectivity index (χ3n) is 5.66. The third kappa shape index (κ3) is 7.04. The summed E-state index contributed by atoms with van der Waals surface area (Å²) in [5, 5.41) is 1.58. The van der Waals surface area contributed by atoms with E-state index in [1.807, 2.05) is 12.1 Å². The van der Waals surface area contributed by atoms with Crippen LogP contribution in [0, 0.1) is 0 Å². The van der Waals surface area contributed by atoms with E-state index in [0.29, 0.717) is 18.2 Å². The van der Waals surface area contributed by atoms with Crippen LogP contribution in [0.5, 0.6) is 0 Å². The highest BCUT2D eigenvalue weighted by atomic mass is 32.2. The van der Waals surface area contributed by atoms with E-state index in [9.17, 15) is 22.8 Å². The Bertz CT molecular complexity index is 1230. The maximum absolute atomic E-state index is 13.7. The van der Waals surface area contributed by atoms with Crippen LogP contribution in [0.2, 0.25) is 0 Å². The van der Waals surface area contributed by atoms with Crippen LogP contribution >= 0.6 is 0 Å². The second-order valence-electron chi connectivity index (χ2n) is 9.88. The van der Waals surface area contributed by atoms with Crippen LogP contribution in [0.4, 0.5) is 0 Å². The van der Waals surface area contributed by atoms with Gasteiger partial charge in [-0.05, 0) is 70.4 Å². The summed E-state index contributed by atoms with van der Waals surface area (Å²) in [5.41, 5.74) is -0.823. The average molecular weight is 519 g/mol. The van der Waals surface area contributed by atoms with E-state index in [1.54, 1.807) is 45.9 Å². The van der Waals surface area contributed by atoms with Crippen molar-refractivity contribution in [1.29, 1.82) is 0 Å². The minimum atomic E-state index is -4.20. The number of amides is 1. The summed E-state index contributed by atoms with van der Waals surface area (Å²) in [6.45, 7) is 8.39. The molecule has 0 saturated heterocycles. The van der Waals surface area contributed by atoms with Gasteiger partial charge in [0, 0.05) is 6.04 Å². The highest BCUT2D eigenvalue weighted by Crippen LogP contribution is 2.30.